The van der Waals surface area contributed by atoms with Crippen molar-refractivity contribution in [1.82, 2.24) is 20.9 Å². The molecule has 1 aromatic rings. The van der Waals surface area contributed by atoms with E-state index in [1.54, 1.807) is 24.3 Å². The van der Waals surface area contributed by atoms with Crippen LogP contribution in [0.2, 0.25) is 5.02 Å². The number of carbonyl (C=O) groups excluding carboxylic acids is 2. The summed E-state index contributed by atoms with van der Waals surface area (Å²) in [6.07, 6.45) is 2.37. The predicted octanol–water partition coefficient (Wildman–Crippen LogP) is 2.96. The highest BCUT2D eigenvalue weighted by molar-refractivity contribution is 7.80. The molecule has 2 atom stereocenters. The lowest BCUT2D eigenvalue weighted by molar-refractivity contribution is -0.125. The summed E-state index contributed by atoms with van der Waals surface area (Å²) in [5.74, 6) is -0.441. The van der Waals surface area contributed by atoms with Crippen LogP contribution in [0, 0.1) is 5.92 Å². The number of hydrogen-bond acceptors (Lipinski definition) is 3. The largest absolute Gasteiger partial charge is 0.363 e. The van der Waals surface area contributed by atoms with Crippen LogP contribution >= 0.6 is 23.8 Å². The van der Waals surface area contributed by atoms with E-state index in [0.717, 1.165) is 44.0 Å². The summed E-state index contributed by atoms with van der Waals surface area (Å²) in [5.41, 5.74) is 0.376. The third-order valence-corrected chi connectivity index (χ3v) is 6.05. The van der Waals surface area contributed by atoms with Crippen LogP contribution in [0.3, 0.4) is 0 Å². The molecule has 1 fully saturated rings. The van der Waals surface area contributed by atoms with Gasteiger partial charge < -0.3 is 20.9 Å². The van der Waals surface area contributed by atoms with Crippen LogP contribution in [-0.2, 0) is 4.79 Å². The molecule has 0 unspecified atom stereocenters. The maximum absolute atomic E-state index is 13.0. The van der Waals surface area contributed by atoms with Gasteiger partial charge in [0, 0.05) is 25.7 Å². The van der Waals surface area contributed by atoms with Gasteiger partial charge in [-0.2, -0.15) is 0 Å². The van der Waals surface area contributed by atoms with Crippen LogP contribution in [0.15, 0.2) is 24.3 Å². The average molecular weight is 439 g/mol. The zero-order valence-corrected chi connectivity index (χ0v) is 18.9. The van der Waals surface area contributed by atoms with Crippen LogP contribution in [-0.4, -0.2) is 53.5 Å². The molecule has 1 saturated heterocycles. The number of thiocarbonyl (C=S) groups is 1. The summed E-state index contributed by atoms with van der Waals surface area (Å²) < 4.78 is 0. The quantitative estimate of drug-likeness (QED) is 0.571. The molecule has 29 heavy (non-hydrogen) atoms. The Kier molecular flexibility index (Phi) is 9.17. The van der Waals surface area contributed by atoms with E-state index in [0.29, 0.717) is 10.6 Å². The number of carbonyl (C=O) groups is 2. The Hall–Kier alpha value is -1.86. The molecule has 0 spiro atoms. The molecule has 0 aliphatic carbocycles. The van der Waals surface area contributed by atoms with Gasteiger partial charge in [-0.05, 0) is 63.4 Å². The third kappa shape index (κ3) is 6.57. The molecule has 1 aliphatic rings. The number of nitrogens with one attached hydrogen (secondary N) is 3. The second kappa shape index (κ2) is 11.4. The summed E-state index contributed by atoms with van der Waals surface area (Å²) >= 11 is 11.6. The molecule has 3 N–H and O–H groups in total. The highest BCUT2D eigenvalue weighted by Gasteiger charge is 2.34. The van der Waals surface area contributed by atoms with E-state index in [1.807, 2.05) is 20.8 Å². The minimum Gasteiger partial charge on any atom is -0.363 e. The second-order valence-electron chi connectivity index (χ2n) is 7.41. The van der Waals surface area contributed by atoms with Gasteiger partial charge in [-0.3, -0.25) is 9.59 Å². The lowest BCUT2D eigenvalue weighted by atomic mass is 9.88. The van der Waals surface area contributed by atoms with E-state index in [4.69, 9.17) is 23.8 Å². The molecular weight excluding hydrogens is 408 g/mol. The first-order chi connectivity index (χ1) is 13.9. The first-order valence-corrected chi connectivity index (χ1v) is 11.0. The van der Waals surface area contributed by atoms with E-state index >= 15 is 0 Å². The number of hydrogen-bond donors (Lipinski definition) is 3. The highest BCUT2D eigenvalue weighted by atomic mass is 35.5. The Morgan fingerprint density at radius 3 is 2.45 bits per heavy atom. The van der Waals surface area contributed by atoms with Crippen LogP contribution < -0.4 is 16.0 Å². The molecule has 0 radical (unpaired) electrons. The Morgan fingerprint density at radius 1 is 1.21 bits per heavy atom. The molecule has 8 heteroatoms. The number of piperidine rings is 1. The van der Waals surface area contributed by atoms with Crippen molar-refractivity contribution in [3.8, 4) is 0 Å². The summed E-state index contributed by atoms with van der Waals surface area (Å²) in [6.45, 7) is 8.28. The van der Waals surface area contributed by atoms with Gasteiger partial charge in [-0.1, -0.05) is 30.7 Å². The Bertz CT molecular complexity index is 722. The average Bonchev–Trinajstić information content (AvgIpc) is 2.72. The molecule has 1 aliphatic heterocycles. The van der Waals surface area contributed by atoms with Gasteiger partial charge in [0.25, 0.3) is 5.91 Å². The van der Waals surface area contributed by atoms with Gasteiger partial charge in [0.2, 0.25) is 5.91 Å². The first kappa shape index (κ1) is 23.4. The summed E-state index contributed by atoms with van der Waals surface area (Å²) in [7, 11) is 0. The maximum atomic E-state index is 13.0. The highest BCUT2D eigenvalue weighted by Crippen LogP contribution is 2.23. The molecule has 0 aromatic heterocycles. The van der Waals surface area contributed by atoms with Crippen molar-refractivity contribution < 1.29 is 9.59 Å². The molecular formula is C21H31ClN4O2S. The smallest absolute Gasteiger partial charge is 0.253 e. The lowest BCUT2D eigenvalue weighted by Gasteiger charge is -2.37. The summed E-state index contributed by atoms with van der Waals surface area (Å²) in [6, 6.07) is 6.31. The molecule has 0 bridgehead atoms. The van der Waals surface area contributed by atoms with E-state index in [9.17, 15) is 9.59 Å². The van der Waals surface area contributed by atoms with Crippen molar-refractivity contribution in [2.75, 3.05) is 19.6 Å². The van der Waals surface area contributed by atoms with Crippen LogP contribution in [0.1, 0.15) is 50.4 Å². The lowest BCUT2D eigenvalue weighted by Crippen LogP contribution is -2.55. The van der Waals surface area contributed by atoms with Crippen molar-refractivity contribution in [1.29, 1.82) is 0 Å². The third-order valence-electron chi connectivity index (χ3n) is 5.31. The summed E-state index contributed by atoms with van der Waals surface area (Å²) in [4.78, 5) is 27.9. The zero-order chi connectivity index (χ0) is 21.4. The maximum Gasteiger partial charge on any atom is 0.253 e. The van der Waals surface area contributed by atoms with Gasteiger partial charge >= 0.3 is 0 Å². The monoisotopic (exact) mass is 438 g/mol. The Balaban J connectivity index is 2.11. The minimum atomic E-state index is -0.609. The number of rotatable bonds is 7. The van der Waals surface area contributed by atoms with Crippen LogP contribution in [0.5, 0.6) is 0 Å². The Morgan fingerprint density at radius 2 is 1.86 bits per heavy atom. The van der Waals surface area contributed by atoms with Crippen molar-refractivity contribution >= 4 is 40.7 Å². The first-order valence-electron chi connectivity index (χ1n) is 10.3. The normalized spacial score (nSPS) is 16.6. The number of benzene rings is 1. The fourth-order valence-corrected chi connectivity index (χ4v) is 3.94. The second-order valence-corrected chi connectivity index (χ2v) is 8.20. The summed E-state index contributed by atoms with van der Waals surface area (Å²) in [5, 5.41) is 10.2. The van der Waals surface area contributed by atoms with Gasteiger partial charge in [0.05, 0.1) is 10.6 Å². The van der Waals surface area contributed by atoms with Gasteiger partial charge in [-0.15, -0.1) is 0 Å². The molecule has 0 saturated carbocycles. The van der Waals surface area contributed by atoms with Gasteiger partial charge in [-0.25, -0.2) is 0 Å². The zero-order valence-electron chi connectivity index (χ0n) is 17.3. The van der Waals surface area contributed by atoms with E-state index in [1.165, 1.54) is 0 Å². The molecule has 2 amide bonds. The van der Waals surface area contributed by atoms with E-state index in [2.05, 4.69) is 20.9 Å². The number of likely N-dealkylation sites (tertiary alicyclic amines) is 1. The molecule has 2 rings (SSSR count). The number of amides is 2. The predicted molar refractivity (Wildman–Crippen MR) is 121 cm³/mol. The van der Waals surface area contributed by atoms with Crippen LogP contribution in [0.25, 0.3) is 0 Å². The molecule has 1 heterocycles. The molecule has 6 nitrogen and oxygen atoms in total. The topological polar surface area (TPSA) is 73.5 Å². The fourth-order valence-electron chi connectivity index (χ4n) is 3.40. The van der Waals surface area contributed by atoms with Crippen molar-refractivity contribution in [3.63, 3.8) is 0 Å². The number of nitrogens with zero attached hydrogens (tertiary/aromatic N) is 1. The standard InChI is InChI=1S/C21H31ClN4O2S/c1-4-14(3)24-20(28)18(25-19(27)16-8-6-7-9-17(16)22)15-10-12-26(13-11-15)21(29)23-5-2/h6-9,14-15,18H,4-5,10-13H2,1-3H3,(H,23,29)(H,24,28)(H,25,27)/t14-,18-/m1/s1. The van der Waals surface area contributed by atoms with Crippen molar-refractivity contribution in [3.05, 3.63) is 34.9 Å². The number of halogens is 1. The fraction of sp³-hybridized carbons (Fsp3) is 0.571. The Labute approximate surface area is 183 Å². The van der Waals surface area contributed by atoms with E-state index < -0.39 is 6.04 Å². The minimum absolute atomic E-state index is 0.0335. The van der Waals surface area contributed by atoms with Crippen LogP contribution in [0.4, 0.5) is 0 Å². The van der Waals surface area contributed by atoms with Gasteiger partial charge in [0.15, 0.2) is 5.11 Å². The van der Waals surface area contributed by atoms with Crippen molar-refractivity contribution in [2.24, 2.45) is 5.92 Å². The van der Waals surface area contributed by atoms with E-state index in [-0.39, 0.29) is 23.8 Å². The SMILES string of the molecule is CCNC(=S)N1CCC([C@@H](NC(=O)c2ccccc2Cl)C(=O)N[C@H](C)CC)CC1. The van der Waals surface area contributed by atoms with Gasteiger partial charge in [0.1, 0.15) is 6.04 Å². The molecule has 160 valence electrons. The molecule has 1 aromatic carbocycles. The van der Waals surface area contributed by atoms with Crippen molar-refractivity contribution in [2.45, 2.75) is 52.1 Å².